The molecule has 0 fully saturated rings. The minimum Gasteiger partial charge on any atom is -0.466 e. The molecule has 0 bridgehead atoms. The van der Waals surface area contributed by atoms with E-state index in [2.05, 4.69) is 13.0 Å². The minimum atomic E-state index is -0.461. The van der Waals surface area contributed by atoms with Gasteiger partial charge in [-0.05, 0) is 24.8 Å². The first-order valence-corrected chi connectivity index (χ1v) is 7.25. The Labute approximate surface area is 121 Å². The van der Waals surface area contributed by atoms with Crippen LogP contribution in [0.1, 0.15) is 51.5 Å². The van der Waals surface area contributed by atoms with E-state index >= 15 is 0 Å². The average Bonchev–Trinajstić information content (AvgIpc) is 2.48. The Bertz CT molecular complexity index is 450. The number of carbonyl (C=O) groups is 1. The average molecular weight is 273 g/mol. The van der Waals surface area contributed by atoms with E-state index in [0.717, 1.165) is 31.2 Å². The quantitative estimate of drug-likeness (QED) is 0.531. The summed E-state index contributed by atoms with van der Waals surface area (Å²) < 4.78 is 4.97. The van der Waals surface area contributed by atoms with Crippen molar-refractivity contribution in [2.24, 2.45) is 0 Å². The normalized spacial score (nSPS) is 13.2. The van der Waals surface area contributed by atoms with E-state index in [0.29, 0.717) is 13.0 Å². The smallest absolute Gasteiger partial charge is 0.302 e. The number of nitriles is 1. The molecule has 1 aromatic carbocycles. The molecular weight excluding hydrogens is 250 g/mol. The number of rotatable bonds is 8. The molecule has 108 valence electrons. The second kappa shape index (κ2) is 8.37. The first kappa shape index (κ1) is 16.2. The van der Waals surface area contributed by atoms with E-state index in [1.807, 2.05) is 30.3 Å². The highest BCUT2D eigenvalue weighted by atomic mass is 16.5. The highest BCUT2D eigenvalue weighted by Gasteiger charge is 2.31. The third-order valence-electron chi connectivity index (χ3n) is 3.55. The van der Waals surface area contributed by atoms with Gasteiger partial charge in [-0.2, -0.15) is 5.26 Å². The largest absolute Gasteiger partial charge is 0.466 e. The van der Waals surface area contributed by atoms with Gasteiger partial charge in [-0.15, -0.1) is 0 Å². The lowest BCUT2D eigenvalue weighted by molar-refractivity contribution is -0.141. The van der Waals surface area contributed by atoms with Gasteiger partial charge in [0, 0.05) is 6.92 Å². The Hall–Kier alpha value is -1.82. The molecular formula is C17H23NO2. The molecule has 0 aliphatic carbocycles. The van der Waals surface area contributed by atoms with Crippen LogP contribution in [0.4, 0.5) is 0 Å². The van der Waals surface area contributed by atoms with Crippen LogP contribution in [-0.2, 0) is 14.9 Å². The van der Waals surface area contributed by atoms with Crippen molar-refractivity contribution in [2.75, 3.05) is 6.61 Å². The van der Waals surface area contributed by atoms with Crippen molar-refractivity contribution in [2.45, 2.75) is 51.4 Å². The number of hydrogen-bond donors (Lipinski definition) is 0. The van der Waals surface area contributed by atoms with Gasteiger partial charge in [0.2, 0.25) is 0 Å². The Balaban J connectivity index is 2.78. The fraction of sp³-hybridized carbons (Fsp3) is 0.529. The van der Waals surface area contributed by atoms with Crippen LogP contribution in [0, 0.1) is 11.3 Å². The Morgan fingerprint density at radius 2 is 1.90 bits per heavy atom. The molecule has 0 spiro atoms. The van der Waals surface area contributed by atoms with Gasteiger partial charge in [-0.25, -0.2) is 0 Å². The summed E-state index contributed by atoms with van der Waals surface area (Å²) in [6.45, 7) is 3.93. The minimum absolute atomic E-state index is 0.263. The van der Waals surface area contributed by atoms with Crippen molar-refractivity contribution in [1.29, 1.82) is 5.26 Å². The van der Waals surface area contributed by atoms with Gasteiger partial charge >= 0.3 is 5.97 Å². The van der Waals surface area contributed by atoms with Crippen LogP contribution in [0.5, 0.6) is 0 Å². The number of ether oxygens (including phenoxy) is 1. The lowest BCUT2D eigenvalue weighted by Crippen LogP contribution is -2.25. The molecule has 1 atom stereocenters. The molecule has 0 heterocycles. The molecule has 0 amide bonds. The molecule has 0 N–H and O–H groups in total. The SMILES string of the molecule is CCCCC(C#N)(CCCOC(C)=O)c1ccccc1. The molecule has 1 aromatic rings. The van der Waals surface area contributed by atoms with Crippen molar-refractivity contribution >= 4 is 5.97 Å². The molecule has 1 unspecified atom stereocenters. The van der Waals surface area contributed by atoms with Gasteiger partial charge in [-0.1, -0.05) is 50.1 Å². The van der Waals surface area contributed by atoms with Gasteiger partial charge in [0.05, 0.1) is 18.1 Å². The van der Waals surface area contributed by atoms with Gasteiger partial charge < -0.3 is 4.74 Å². The van der Waals surface area contributed by atoms with Crippen LogP contribution < -0.4 is 0 Å². The molecule has 0 saturated carbocycles. The molecule has 3 nitrogen and oxygen atoms in total. The van der Waals surface area contributed by atoms with Gasteiger partial charge in [0.1, 0.15) is 0 Å². The molecule has 1 rings (SSSR count). The number of benzene rings is 1. The van der Waals surface area contributed by atoms with Crippen molar-refractivity contribution in [3.8, 4) is 6.07 Å². The summed E-state index contributed by atoms with van der Waals surface area (Å²) in [7, 11) is 0. The third kappa shape index (κ3) is 4.70. The van der Waals surface area contributed by atoms with Crippen LogP contribution in [0.25, 0.3) is 0 Å². The summed E-state index contributed by atoms with van der Waals surface area (Å²) in [5.74, 6) is -0.263. The molecule has 0 aromatic heterocycles. The zero-order valence-corrected chi connectivity index (χ0v) is 12.4. The van der Waals surface area contributed by atoms with Crippen LogP contribution in [0.15, 0.2) is 30.3 Å². The van der Waals surface area contributed by atoms with E-state index in [9.17, 15) is 10.1 Å². The van der Waals surface area contributed by atoms with E-state index < -0.39 is 5.41 Å². The van der Waals surface area contributed by atoms with Gasteiger partial charge in [0.15, 0.2) is 0 Å². The standard InChI is InChI=1S/C17H23NO2/c1-3-4-11-17(14-18,12-8-13-20-15(2)19)16-9-6-5-7-10-16/h5-7,9-10H,3-4,8,11-13H2,1-2H3. The molecule has 0 aliphatic rings. The maximum absolute atomic E-state index is 10.8. The summed E-state index contributed by atoms with van der Waals surface area (Å²) >= 11 is 0. The van der Waals surface area contributed by atoms with Crippen LogP contribution >= 0.6 is 0 Å². The first-order chi connectivity index (χ1) is 9.64. The Morgan fingerprint density at radius 1 is 1.25 bits per heavy atom. The summed E-state index contributed by atoms with van der Waals surface area (Å²) in [6.07, 6.45) is 4.38. The van der Waals surface area contributed by atoms with E-state index in [1.165, 1.54) is 6.92 Å². The number of unbranched alkanes of at least 4 members (excludes halogenated alkanes) is 1. The zero-order valence-electron chi connectivity index (χ0n) is 12.4. The van der Waals surface area contributed by atoms with Crippen LogP contribution in [-0.4, -0.2) is 12.6 Å². The van der Waals surface area contributed by atoms with Crippen LogP contribution in [0.2, 0.25) is 0 Å². The molecule has 3 heteroatoms. The molecule has 0 radical (unpaired) electrons. The highest BCUT2D eigenvalue weighted by molar-refractivity contribution is 5.65. The fourth-order valence-corrected chi connectivity index (χ4v) is 2.42. The first-order valence-electron chi connectivity index (χ1n) is 7.25. The Morgan fingerprint density at radius 3 is 2.45 bits per heavy atom. The van der Waals surface area contributed by atoms with E-state index in [-0.39, 0.29) is 5.97 Å². The molecule has 0 saturated heterocycles. The molecule has 20 heavy (non-hydrogen) atoms. The number of hydrogen-bond acceptors (Lipinski definition) is 3. The summed E-state index contributed by atoms with van der Waals surface area (Å²) in [4.78, 5) is 10.8. The highest BCUT2D eigenvalue weighted by Crippen LogP contribution is 2.34. The summed E-state index contributed by atoms with van der Waals surface area (Å²) in [5, 5.41) is 9.71. The lowest BCUT2D eigenvalue weighted by Gasteiger charge is -2.27. The topological polar surface area (TPSA) is 50.1 Å². The monoisotopic (exact) mass is 273 g/mol. The van der Waals surface area contributed by atoms with Gasteiger partial charge in [0.25, 0.3) is 0 Å². The van der Waals surface area contributed by atoms with Crippen LogP contribution in [0.3, 0.4) is 0 Å². The second-order valence-corrected chi connectivity index (χ2v) is 5.11. The summed E-state index contributed by atoms with van der Waals surface area (Å²) in [6, 6.07) is 12.5. The predicted octanol–water partition coefficient (Wildman–Crippen LogP) is 3.98. The zero-order chi connectivity index (χ0) is 14.8. The molecule has 0 aliphatic heterocycles. The van der Waals surface area contributed by atoms with Crippen molar-refractivity contribution < 1.29 is 9.53 Å². The fourth-order valence-electron chi connectivity index (χ4n) is 2.42. The number of esters is 1. The lowest BCUT2D eigenvalue weighted by atomic mass is 9.74. The predicted molar refractivity (Wildman–Crippen MR) is 79.1 cm³/mol. The maximum atomic E-state index is 10.8. The summed E-state index contributed by atoms with van der Waals surface area (Å²) in [5.41, 5.74) is 0.607. The Kier molecular flexibility index (Phi) is 6.79. The second-order valence-electron chi connectivity index (χ2n) is 5.11. The van der Waals surface area contributed by atoms with E-state index in [1.54, 1.807) is 0 Å². The number of carbonyl (C=O) groups excluding carboxylic acids is 1. The van der Waals surface area contributed by atoms with Gasteiger partial charge in [-0.3, -0.25) is 4.79 Å². The van der Waals surface area contributed by atoms with Crippen molar-refractivity contribution in [3.63, 3.8) is 0 Å². The van der Waals surface area contributed by atoms with E-state index in [4.69, 9.17) is 4.74 Å². The van der Waals surface area contributed by atoms with Crippen molar-refractivity contribution in [1.82, 2.24) is 0 Å². The maximum Gasteiger partial charge on any atom is 0.302 e. The number of nitrogens with zero attached hydrogens (tertiary/aromatic N) is 1. The third-order valence-corrected chi connectivity index (χ3v) is 3.55. The van der Waals surface area contributed by atoms with Crippen molar-refractivity contribution in [3.05, 3.63) is 35.9 Å².